The molecule has 1 aromatic heterocycles. The maximum absolute atomic E-state index is 13.1. The third kappa shape index (κ3) is 3.47. The summed E-state index contributed by atoms with van der Waals surface area (Å²) in [6.45, 7) is 4.15. The Morgan fingerprint density at radius 1 is 0.967 bits per heavy atom. The Morgan fingerprint density at radius 2 is 1.67 bits per heavy atom. The number of carbonyl (C=O) groups excluding carboxylic acids is 2. The first-order valence-corrected chi connectivity index (χ1v) is 10.1. The van der Waals surface area contributed by atoms with Gasteiger partial charge in [-0.25, -0.2) is 0 Å². The van der Waals surface area contributed by atoms with E-state index in [1.165, 1.54) is 0 Å². The number of benzene rings is 1. The van der Waals surface area contributed by atoms with Crippen molar-refractivity contribution in [3.63, 3.8) is 0 Å². The number of carbonyl (C=O) groups is 2. The second-order valence-electron chi connectivity index (χ2n) is 8.60. The average Bonchev–Trinajstić information content (AvgIpc) is 2.72. The molecule has 4 rings (SSSR count). The van der Waals surface area contributed by atoms with Crippen LogP contribution in [0.5, 0.6) is 11.5 Å². The van der Waals surface area contributed by atoms with Gasteiger partial charge in [-0.3, -0.25) is 14.6 Å². The van der Waals surface area contributed by atoms with E-state index in [1.54, 1.807) is 26.6 Å². The molecule has 0 radical (unpaired) electrons. The van der Waals surface area contributed by atoms with Gasteiger partial charge in [0.1, 0.15) is 0 Å². The molecule has 0 saturated heterocycles. The number of anilines is 1. The lowest BCUT2D eigenvalue weighted by Gasteiger charge is -2.45. The molecule has 1 aromatic carbocycles. The highest BCUT2D eigenvalue weighted by Gasteiger charge is 2.44. The fourth-order valence-electron chi connectivity index (χ4n) is 4.53. The van der Waals surface area contributed by atoms with Crippen LogP contribution in [-0.4, -0.2) is 30.8 Å². The Kier molecular flexibility index (Phi) is 5.10. The van der Waals surface area contributed by atoms with Crippen LogP contribution in [-0.2, 0) is 9.59 Å². The molecular weight excluding hydrogens is 380 g/mol. The Morgan fingerprint density at radius 3 is 2.33 bits per heavy atom. The van der Waals surface area contributed by atoms with Gasteiger partial charge in [0.05, 0.1) is 25.8 Å². The zero-order chi connectivity index (χ0) is 21.5. The number of hydrogen-bond acceptors (Lipinski definition) is 6. The molecule has 2 aliphatic rings. The Balaban J connectivity index is 1.89. The molecule has 0 bridgehead atoms. The molecule has 0 N–H and O–H groups in total. The molecule has 6 nitrogen and oxygen atoms in total. The molecule has 0 amide bonds. The molecule has 0 fully saturated rings. The third-order valence-electron chi connectivity index (χ3n) is 5.85. The number of nitrogens with zero attached hydrogens (tertiary/aromatic N) is 2. The van der Waals surface area contributed by atoms with Gasteiger partial charge in [0.15, 0.2) is 23.1 Å². The van der Waals surface area contributed by atoms with Crippen LogP contribution in [0.25, 0.3) is 0 Å². The van der Waals surface area contributed by atoms with Crippen molar-refractivity contribution in [1.29, 1.82) is 0 Å². The highest BCUT2D eigenvalue weighted by molar-refractivity contribution is 6.22. The fourth-order valence-corrected chi connectivity index (χ4v) is 4.53. The number of aromatic nitrogens is 1. The average molecular weight is 406 g/mol. The SMILES string of the molecule is COc1ccc([C@H]2CC(=O)C3=C(CC(C)(C)CC3=O)N2c2ccncc2)cc1OC. The Hall–Kier alpha value is -3.15. The van der Waals surface area contributed by atoms with Gasteiger partial charge in [-0.1, -0.05) is 19.9 Å². The maximum Gasteiger partial charge on any atom is 0.170 e. The van der Waals surface area contributed by atoms with E-state index in [-0.39, 0.29) is 29.4 Å². The van der Waals surface area contributed by atoms with Gasteiger partial charge in [0, 0.05) is 36.6 Å². The minimum atomic E-state index is -0.250. The van der Waals surface area contributed by atoms with E-state index in [0.29, 0.717) is 29.9 Å². The minimum absolute atomic E-state index is 0.0592. The van der Waals surface area contributed by atoms with Crippen LogP contribution >= 0.6 is 0 Å². The summed E-state index contributed by atoms with van der Waals surface area (Å²) in [4.78, 5) is 32.3. The zero-order valence-electron chi connectivity index (χ0n) is 17.8. The van der Waals surface area contributed by atoms with Crippen LogP contribution < -0.4 is 14.4 Å². The van der Waals surface area contributed by atoms with Gasteiger partial charge in [-0.2, -0.15) is 0 Å². The summed E-state index contributed by atoms with van der Waals surface area (Å²) in [7, 11) is 3.19. The summed E-state index contributed by atoms with van der Waals surface area (Å²) in [5.74, 6) is 1.09. The molecule has 0 spiro atoms. The van der Waals surface area contributed by atoms with Crippen LogP contribution in [0.2, 0.25) is 0 Å². The third-order valence-corrected chi connectivity index (χ3v) is 5.85. The normalized spacial score (nSPS) is 20.8. The van der Waals surface area contributed by atoms with E-state index in [1.807, 2.05) is 30.3 Å². The van der Waals surface area contributed by atoms with Crippen molar-refractivity contribution < 1.29 is 19.1 Å². The van der Waals surface area contributed by atoms with Gasteiger partial charge in [-0.05, 0) is 41.7 Å². The summed E-state index contributed by atoms with van der Waals surface area (Å²) in [6.07, 6.45) is 4.73. The molecule has 156 valence electrons. The van der Waals surface area contributed by atoms with E-state index >= 15 is 0 Å². The van der Waals surface area contributed by atoms with Crippen molar-refractivity contribution in [2.24, 2.45) is 5.41 Å². The van der Waals surface area contributed by atoms with Gasteiger partial charge >= 0.3 is 0 Å². The second-order valence-corrected chi connectivity index (χ2v) is 8.60. The second kappa shape index (κ2) is 7.59. The number of ether oxygens (including phenoxy) is 2. The summed E-state index contributed by atoms with van der Waals surface area (Å²) in [5.41, 5.74) is 2.80. The van der Waals surface area contributed by atoms with Crippen molar-refractivity contribution in [1.82, 2.24) is 4.98 Å². The van der Waals surface area contributed by atoms with Crippen LogP contribution in [0.1, 0.15) is 44.7 Å². The summed E-state index contributed by atoms with van der Waals surface area (Å²) >= 11 is 0. The molecule has 2 aromatic rings. The van der Waals surface area contributed by atoms with Gasteiger partial charge < -0.3 is 14.4 Å². The van der Waals surface area contributed by atoms with Crippen LogP contribution in [0.4, 0.5) is 5.69 Å². The van der Waals surface area contributed by atoms with Crippen molar-refractivity contribution in [3.05, 3.63) is 59.6 Å². The maximum atomic E-state index is 13.1. The van der Waals surface area contributed by atoms with E-state index in [4.69, 9.17) is 9.47 Å². The van der Waals surface area contributed by atoms with Crippen LogP contribution in [0.15, 0.2) is 54.0 Å². The quantitative estimate of drug-likeness (QED) is 0.707. The molecule has 2 heterocycles. The Labute approximate surface area is 176 Å². The first-order valence-electron chi connectivity index (χ1n) is 10.1. The first kappa shape index (κ1) is 20.1. The molecule has 0 unspecified atom stereocenters. The van der Waals surface area contributed by atoms with Crippen molar-refractivity contribution >= 4 is 17.3 Å². The summed E-state index contributed by atoms with van der Waals surface area (Å²) in [5, 5.41) is 0. The monoisotopic (exact) mass is 406 g/mol. The van der Waals surface area contributed by atoms with Gasteiger partial charge in [0.25, 0.3) is 0 Å². The molecule has 30 heavy (non-hydrogen) atoms. The molecular formula is C24H26N2O4. The van der Waals surface area contributed by atoms with Crippen LogP contribution in [0, 0.1) is 5.41 Å². The molecule has 6 heteroatoms. The summed E-state index contributed by atoms with van der Waals surface area (Å²) < 4.78 is 10.9. The molecule has 1 aliphatic heterocycles. The largest absolute Gasteiger partial charge is 0.493 e. The Bertz CT molecular complexity index is 1030. The number of allylic oxidation sites excluding steroid dienone is 2. The van der Waals surface area contributed by atoms with Crippen LogP contribution in [0.3, 0.4) is 0 Å². The first-order chi connectivity index (χ1) is 14.3. The molecule has 1 atom stereocenters. The fraction of sp³-hybridized carbons (Fsp3) is 0.375. The highest BCUT2D eigenvalue weighted by Crippen LogP contribution is 2.48. The van der Waals surface area contributed by atoms with Gasteiger partial charge in [-0.15, -0.1) is 0 Å². The lowest BCUT2D eigenvalue weighted by Crippen LogP contribution is -2.43. The molecule has 1 aliphatic carbocycles. The molecule has 0 saturated carbocycles. The number of ketones is 2. The van der Waals surface area contributed by atoms with Crippen molar-refractivity contribution in [2.45, 2.75) is 39.2 Å². The number of methoxy groups -OCH3 is 2. The van der Waals surface area contributed by atoms with Crippen molar-refractivity contribution in [2.75, 3.05) is 19.1 Å². The summed E-state index contributed by atoms with van der Waals surface area (Å²) in [6, 6.07) is 9.30. The minimum Gasteiger partial charge on any atom is -0.493 e. The topological polar surface area (TPSA) is 68.7 Å². The number of rotatable bonds is 4. The number of hydrogen-bond donors (Lipinski definition) is 0. The standard InChI is InChI=1S/C24H26N2O4/c1-24(2)13-18-23(20(28)14-24)19(27)12-17(26(18)16-7-9-25-10-8-16)15-5-6-21(29-3)22(11-15)30-4/h5-11,17H,12-14H2,1-4H3/t17-/m1/s1. The van der Waals surface area contributed by atoms with E-state index < -0.39 is 0 Å². The van der Waals surface area contributed by atoms with E-state index in [0.717, 1.165) is 16.9 Å². The zero-order valence-corrected chi connectivity index (χ0v) is 17.8. The number of Topliss-reactive ketones (excluding diaryl/α,β-unsaturated/α-hetero) is 2. The highest BCUT2D eigenvalue weighted by atomic mass is 16.5. The van der Waals surface area contributed by atoms with Gasteiger partial charge in [0.2, 0.25) is 0 Å². The lowest BCUT2D eigenvalue weighted by atomic mass is 9.72. The van der Waals surface area contributed by atoms with E-state index in [2.05, 4.69) is 23.7 Å². The van der Waals surface area contributed by atoms with E-state index in [9.17, 15) is 9.59 Å². The predicted molar refractivity (Wildman–Crippen MR) is 114 cm³/mol. The smallest absolute Gasteiger partial charge is 0.170 e. The predicted octanol–water partition coefficient (Wildman–Crippen LogP) is 4.26. The number of pyridine rings is 1. The van der Waals surface area contributed by atoms with Crippen molar-refractivity contribution in [3.8, 4) is 11.5 Å². The lowest BCUT2D eigenvalue weighted by molar-refractivity contribution is -0.124.